The van der Waals surface area contributed by atoms with E-state index in [1.165, 1.54) is 0 Å². The fourth-order valence-corrected chi connectivity index (χ4v) is 2.75. The van der Waals surface area contributed by atoms with Crippen molar-refractivity contribution in [3.63, 3.8) is 0 Å². The molecule has 0 bridgehead atoms. The quantitative estimate of drug-likeness (QED) is 0.380. The molecule has 1 atom stereocenters. The fraction of sp³-hybridized carbons (Fsp3) is 0.667. The molecule has 9 nitrogen and oxygen atoms in total. The van der Waals surface area contributed by atoms with Crippen molar-refractivity contribution >= 4 is 6.03 Å². The second-order valence-electron chi connectivity index (χ2n) is 6.93. The number of benzene rings is 1. The van der Waals surface area contributed by atoms with Gasteiger partial charge in [0.2, 0.25) is 0 Å². The predicted octanol–water partition coefficient (Wildman–Crippen LogP) is 0.863. The van der Waals surface area contributed by atoms with Gasteiger partial charge >= 0.3 is 6.03 Å². The molecule has 9 heteroatoms. The number of aliphatic hydroxyl groups excluding tert-OH is 1. The highest BCUT2D eigenvalue weighted by atomic mass is 16.5. The Morgan fingerprint density at radius 3 is 2.50 bits per heavy atom. The molecule has 3 N–H and O–H groups in total. The highest BCUT2D eigenvalue weighted by molar-refractivity contribution is 5.74. The van der Waals surface area contributed by atoms with Crippen LogP contribution in [-0.4, -0.2) is 94.5 Å². The molecule has 0 radical (unpaired) electrons. The summed E-state index contributed by atoms with van der Waals surface area (Å²) in [4.78, 5) is 13.7. The van der Waals surface area contributed by atoms with Crippen LogP contribution < -0.4 is 20.1 Å². The minimum Gasteiger partial charge on any atom is -0.491 e. The van der Waals surface area contributed by atoms with Gasteiger partial charge in [0, 0.05) is 39.3 Å². The monoisotopic (exact) mass is 425 g/mol. The minimum atomic E-state index is -0.647. The van der Waals surface area contributed by atoms with Crippen LogP contribution in [-0.2, 0) is 9.47 Å². The summed E-state index contributed by atoms with van der Waals surface area (Å²) in [6, 6.07) is 7.20. The molecule has 0 saturated carbocycles. The van der Waals surface area contributed by atoms with Crippen molar-refractivity contribution in [2.45, 2.75) is 19.4 Å². The summed E-state index contributed by atoms with van der Waals surface area (Å²) >= 11 is 0. The Balaban J connectivity index is 1.50. The minimum absolute atomic E-state index is 0.0788. The first kappa shape index (κ1) is 24.2. The lowest BCUT2D eigenvalue weighted by molar-refractivity contribution is 0.0532. The number of hydrogen-bond acceptors (Lipinski definition) is 7. The van der Waals surface area contributed by atoms with Gasteiger partial charge < -0.3 is 39.6 Å². The van der Waals surface area contributed by atoms with Gasteiger partial charge in [0.15, 0.2) is 0 Å². The van der Waals surface area contributed by atoms with Crippen LogP contribution in [0.1, 0.15) is 13.3 Å². The molecule has 170 valence electrons. The predicted molar refractivity (Wildman–Crippen MR) is 113 cm³/mol. The van der Waals surface area contributed by atoms with E-state index >= 15 is 0 Å². The molecule has 1 fully saturated rings. The first-order valence-corrected chi connectivity index (χ1v) is 10.6. The fourth-order valence-electron chi connectivity index (χ4n) is 2.75. The molecule has 1 unspecified atom stereocenters. The molecule has 0 aliphatic carbocycles. The molecule has 1 aliphatic heterocycles. The third kappa shape index (κ3) is 10.1. The number of carbonyl (C=O) groups is 1. The lowest BCUT2D eigenvalue weighted by Gasteiger charge is -2.27. The summed E-state index contributed by atoms with van der Waals surface area (Å²) in [5.41, 5.74) is 0. The second kappa shape index (κ2) is 14.8. The molecule has 2 amide bonds. The van der Waals surface area contributed by atoms with E-state index in [4.69, 9.17) is 18.9 Å². The number of urea groups is 1. The summed E-state index contributed by atoms with van der Waals surface area (Å²) in [7, 11) is 0. The van der Waals surface area contributed by atoms with Crippen LogP contribution in [0.4, 0.5) is 4.79 Å². The van der Waals surface area contributed by atoms with E-state index in [1.807, 2.05) is 24.3 Å². The van der Waals surface area contributed by atoms with E-state index in [9.17, 15) is 9.90 Å². The van der Waals surface area contributed by atoms with E-state index in [0.29, 0.717) is 64.9 Å². The Morgan fingerprint density at radius 2 is 1.80 bits per heavy atom. The van der Waals surface area contributed by atoms with Crippen LogP contribution in [0.2, 0.25) is 0 Å². The highest BCUT2D eigenvalue weighted by Gasteiger charge is 2.15. The molecule has 1 heterocycles. The SMILES string of the molecule is CCCOCCOc1ccc(OCC(O)CNCCNC(=O)N2CCOCC2)cc1. The number of amides is 2. The summed E-state index contributed by atoms with van der Waals surface area (Å²) < 4.78 is 21.8. The normalized spacial score (nSPS) is 14.9. The van der Waals surface area contributed by atoms with Crippen molar-refractivity contribution < 1.29 is 28.8 Å². The summed E-state index contributed by atoms with van der Waals surface area (Å²) in [5, 5.41) is 16.0. The lowest BCUT2D eigenvalue weighted by Crippen LogP contribution is -2.47. The van der Waals surface area contributed by atoms with Gasteiger partial charge in [-0.1, -0.05) is 6.92 Å². The van der Waals surface area contributed by atoms with Crippen molar-refractivity contribution in [2.24, 2.45) is 0 Å². The van der Waals surface area contributed by atoms with Gasteiger partial charge in [0.05, 0.1) is 19.8 Å². The maximum Gasteiger partial charge on any atom is 0.317 e. The number of ether oxygens (including phenoxy) is 4. The maximum atomic E-state index is 11.9. The summed E-state index contributed by atoms with van der Waals surface area (Å²) in [6.07, 6.45) is 0.352. The molecule has 0 spiro atoms. The summed E-state index contributed by atoms with van der Waals surface area (Å²) in [5.74, 6) is 1.42. The van der Waals surface area contributed by atoms with E-state index in [0.717, 1.165) is 18.8 Å². The Bertz CT molecular complexity index is 581. The Kier molecular flexibility index (Phi) is 12.0. The zero-order valence-electron chi connectivity index (χ0n) is 17.8. The van der Waals surface area contributed by atoms with Gasteiger partial charge in [-0.15, -0.1) is 0 Å². The van der Waals surface area contributed by atoms with Crippen LogP contribution in [0, 0.1) is 0 Å². The van der Waals surface area contributed by atoms with Crippen molar-refractivity contribution in [2.75, 3.05) is 72.4 Å². The van der Waals surface area contributed by atoms with Crippen molar-refractivity contribution in [1.29, 1.82) is 0 Å². The number of aliphatic hydroxyl groups is 1. The van der Waals surface area contributed by atoms with Crippen LogP contribution in [0.15, 0.2) is 24.3 Å². The zero-order valence-corrected chi connectivity index (χ0v) is 17.8. The molecule has 0 aromatic heterocycles. The van der Waals surface area contributed by atoms with E-state index < -0.39 is 6.10 Å². The number of nitrogens with one attached hydrogen (secondary N) is 2. The van der Waals surface area contributed by atoms with Crippen molar-refractivity contribution in [3.8, 4) is 11.5 Å². The summed E-state index contributed by atoms with van der Waals surface area (Å²) in [6.45, 7) is 7.94. The lowest BCUT2D eigenvalue weighted by atomic mass is 10.3. The molecule has 1 aliphatic rings. The molecule has 1 aromatic rings. The van der Waals surface area contributed by atoms with Crippen LogP contribution in [0.25, 0.3) is 0 Å². The topological polar surface area (TPSA) is 102 Å². The largest absolute Gasteiger partial charge is 0.491 e. The number of rotatable bonds is 14. The maximum absolute atomic E-state index is 11.9. The van der Waals surface area contributed by atoms with E-state index in [2.05, 4.69) is 17.6 Å². The van der Waals surface area contributed by atoms with Gasteiger partial charge in [-0.2, -0.15) is 0 Å². The van der Waals surface area contributed by atoms with Crippen molar-refractivity contribution in [1.82, 2.24) is 15.5 Å². The first-order chi connectivity index (χ1) is 14.7. The van der Waals surface area contributed by atoms with Crippen molar-refractivity contribution in [3.05, 3.63) is 24.3 Å². The van der Waals surface area contributed by atoms with Gasteiger partial charge in [0.1, 0.15) is 30.8 Å². The molecule has 1 saturated heterocycles. The van der Waals surface area contributed by atoms with E-state index in [1.54, 1.807) is 4.90 Å². The van der Waals surface area contributed by atoms with Gasteiger partial charge in [-0.05, 0) is 30.7 Å². The van der Waals surface area contributed by atoms with Crippen LogP contribution in [0.3, 0.4) is 0 Å². The van der Waals surface area contributed by atoms with Gasteiger partial charge in [-0.25, -0.2) is 4.79 Å². The van der Waals surface area contributed by atoms with Crippen LogP contribution >= 0.6 is 0 Å². The third-order valence-electron chi connectivity index (χ3n) is 4.37. The Morgan fingerprint density at radius 1 is 1.10 bits per heavy atom. The number of hydrogen-bond donors (Lipinski definition) is 3. The number of morpholine rings is 1. The number of nitrogens with zero attached hydrogens (tertiary/aromatic N) is 1. The standard InChI is InChI=1S/C21H35N3O6/c1-2-11-27-14-15-29-19-3-5-20(6-4-19)30-17-18(25)16-22-7-8-23-21(26)24-9-12-28-13-10-24/h3-6,18,22,25H,2,7-17H2,1H3,(H,23,26). The highest BCUT2D eigenvalue weighted by Crippen LogP contribution is 2.17. The van der Waals surface area contributed by atoms with Gasteiger partial charge in [0.25, 0.3) is 0 Å². The molecule has 2 rings (SSSR count). The Hall–Kier alpha value is -2.07. The average molecular weight is 426 g/mol. The zero-order chi connectivity index (χ0) is 21.4. The molecular formula is C21H35N3O6. The second-order valence-corrected chi connectivity index (χ2v) is 6.93. The molecular weight excluding hydrogens is 390 g/mol. The number of carbonyl (C=O) groups excluding carboxylic acids is 1. The van der Waals surface area contributed by atoms with Gasteiger partial charge in [-0.3, -0.25) is 0 Å². The third-order valence-corrected chi connectivity index (χ3v) is 4.37. The smallest absolute Gasteiger partial charge is 0.317 e. The van der Waals surface area contributed by atoms with E-state index in [-0.39, 0.29) is 12.6 Å². The first-order valence-electron chi connectivity index (χ1n) is 10.6. The Labute approximate surface area is 178 Å². The van der Waals surface area contributed by atoms with Crippen LogP contribution in [0.5, 0.6) is 11.5 Å². The molecule has 30 heavy (non-hydrogen) atoms. The average Bonchev–Trinajstić information content (AvgIpc) is 2.78. The molecule has 1 aromatic carbocycles.